The van der Waals surface area contributed by atoms with Gasteiger partial charge in [0.15, 0.2) is 0 Å². The minimum Gasteiger partial charge on any atom is -0.508 e. The van der Waals surface area contributed by atoms with Gasteiger partial charge in [-0.1, -0.05) is 29.8 Å². The number of morpholine rings is 1. The van der Waals surface area contributed by atoms with Crippen molar-refractivity contribution in [3.8, 4) is 5.75 Å². The fourth-order valence-electron chi connectivity index (χ4n) is 2.90. The predicted octanol–water partition coefficient (Wildman–Crippen LogP) is 4.05. The van der Waals surface area contributed by atoms with E-state index >= 15 is 0 Å². The molecule has 0 bridgehead atoms. The fraction of sp³-hybridized carbons (Fsp3) is 0.348. The largest absolute Gasteiger partial charge is 0.508 e. The van der Waals surface area contributed by atoms with E-state index < -0.39 is 0 Å². The molecule has 0 saturated carbocycles. The quantitative estimate of drug-likeness (QED) is 0.673. The van der Waals surface area contributed by atoms with Crippen molar-refractivity contribution >= 4 is 17.5 Å². The monoisotopic (exact) mass is 434 g/mol. The molecule has 1 unspecified atom stereocenters. The summed E-state index contributed by atoms with van der Waals surface area (Å²) in [5.41, 5.74) is 1.51. The highest BCUT2D eigenvalue weighted by Crippen LogP contribution is 2.21. The second-order valence-electron chi connectivity index (χ2n) is 7.08. The van der Waals surface area contributed by atoms with Crippen molar-refractivity contribution in [2.75, 3.05) is 33.3 Å². The summed E-state index contributed by atoms with van der Waals surface area (Å²) in [4.78, 5) is 14.1. The van der Waals surface area contributed by atoms with E-state index in [2.05, 4.69) is 16.8 Å². The van der Waals surface area contributed by atoms with Gasteiger partial charge in [0.05, 0.1) is 23.3 Å². The third kappa shape index (κ3) is 8.14. The molecule has 0 aliphatic carbocycles. The standard InChI is InChI=1S/C13H17ClN2O3.C10H11F/c1-16-4-5-19-10(8-16)7-15-13(18)11-3-2-9(17)6-12(11)14;1-2-3-4-9-5-7-10(11)8-6-9/h2-3,6,10,17H,4-5,7-8H2,1H3,(H,15,18);2,5-8H,1,3-4H2. The molecule has 162 valence electrons. The summed E-state index contributed by atoms with van der Waals surface area (Å²) in [6, 6.07) is 10.9. The van der Waals surface area contributed by atoms with Crippen LogP contribution in [0.5, 0.6) is 5.75 Å². The minimum absolute atomic E-state index is 0.00131. The maximum Gasteiger partial charge on any atom is 0.252 e. The molecule has 1 heterocycles. The van der Waals surface area contributed by atoms with Crippen molar-refractivity contribution in [1.29, 1.82) is 0 Å². The van der Waals surface area contributed by atoms with Gasteiger partial charge in [0, 0.05) is 19.6 Å². The van der Waals surface area contributed by atoms with E-state index in [4.69, 9.17) is 16.3 Å². The van der Waals surface area contributed by atoms with Crippen molar-refractivity contribution in [3.63, 3.8) is 0 Å². The lowest BCUT2D eigenvalue weighted by atomic mass is 10.1. The van der Waals surface area contributed by atoms with Crippen LogP contribution in [0.3, 0.4) is 0 Å². The number of nitrogens with zero attached hydrogens (tertiary/aromatic N) is 1. The predicted molar refractivity (Wildman–Crippen MR) is 118 cm³/mol. The lowest BCUT2D eigenvalue weighted by Crippen LogP contribution is -2.45. The molecule has 5 nitrogen and oxygen atoms in total. The molecule has 0 radical (unpaired) electrons. The number of hydrogen-bond acceptors (Lipinski definition) is 4. The molecule has 2 N–H and O–H groups in total. The van der Waals surface area contributed by atoms with Crippen molar-refractivity contribution in [3.05, 3.63) is 77.1 Å². The van der Waals surface area contributed by atoms with E-state index in [0.29, 0.717) is 18.7 Å². The Morgan fingerprint density at radius 1 is 1.37 bits per heavy atom. The van der Waals surface area contributed by atoms with Gasteiger partial charge >= 0.3 is 0 Å². The number of nitrogens with one attached hydrogen (secondary N) is 1. The maximum atomic E-state index is 12.4. The van der Waals surface area contributed by atoms with E-state index in [9.17, 15) is 14.3 Å². The number of aromatic hydroxyl groups is 1. The Balaban J connectivity index is 0.000000248. The Morgan fingerprint density at radius 2 is 2.10 bits per heavy atom. The number of carbonyl (C=O) groups is 1. The van der Waals surface area contributed by atoms with Gasteiger partial charge in [-0.05, 0) is 55.8 Å². The molecule has 1 atom stereocenters. The third-order valence-corrected chi connectivity index (χ3v) is 4.89. The summed E-state index contributed by atoms with van der Waals surface area (Å²) in [6.07, 6.45) is 3.76. The van der Waals surface area contributed by atoms with E-state index in [1.54, 1.807) is 12.1 Å². The average Bonchev–Trinajstić information content (AvgIpc) is 2.72. The summed E-state index contributed by atoms with van der Waals surface area (Å²) < 4.78 is 17.9. The first-order chi connectivity index (χ1) is 14.4. The van der Waals surface area contributed by atoms with Gasteiger partial charge in [0.2, 0.25) is 0 Å². The summed E-state index contributed by atoms with van der Waals surface area (Å²) >= 11 is 5.91. The third-order valence-electron chi connectivity index (χ3n) is 4.58. The van der Waals surface area contributed by atoms with Crippen LogP contribution in [0.1, 0.15) is 22.3 Å². The molecule has 2 aromatic carbocycles. The second-order valence-corrected chi connectivity index (χ2v) is 7.49. The number of likely N-dealkylation sites (N-methyl/N-ethyl adjacent to an activating group) is 1. The van der Waals surface area contributed by atoms with E-state index in [0.717, 1.165) is 31.5 Å². The molecule has 1 amide bonds. The summed E-state index contributed by atoms with van der Waals surface area (Å²) in [7, 11) is 2.02. The number of aryl methyl sites for hydroxylation is 1. The molecular formula is C23H28ClFN2O3. The molecule has 0 spiro atoms. The molecule has 3 rings (SSSR count). The number of rotatable bonds is 6. The van der Waals surface area contributed by atoms with E-state index in [-0.39, 0.29) is 28.6 Å². The van der Waals surface area contributed by atoms with Gasteiger partial charge in [0.25, 0.3) is 5.91 Å². The molecule has 2 aromatic rings. The normalized spacial score (nSPS) is 16.3. The number of ether oxygens (including phenoxy) is 1. The number of carbonyl (C=O) groups excluding carboxylic acids is 1. The highest BCUT2D eigenvalue weighted by Gasteiger charge is 2.19. The van der Waals surface area contributed by atoms with Gasteiger partial charge in [-0.2, -0.15) is 0 Å². The van der Waals surface area contributed by atoms with Crippen LogP contribution in [0, 0.1) is 5.82 Å². The Labute approximate surface area is 182 Å². The molecule has 30 heavy (non-hydrogen) atoms. The summed E-state index contributed by atoms with van der Waals surface area (Å²) in [6.45, 7) is 6.45. The fourth-order valence-corrected chi connectivity index (χ4v) is 3.16. The maximum absolute atomic E-state index is 12.4. The number of phenolic OH excluding ortho intramolecular Hbond substituents is 1. The number of benzene rings is 2. The van der Waals surface area contributed by atoms with Crippen molar-refractivity contribution < 1.29 is 19.0 Å². The highest BCUT2D eigenvalue weighted by molar-refractivity contribution is 6.34. The molecule has 1 aliphatic heterocycles. The Morgan fingerprint density at radius 3 is 2.73 bits per heavy atom. The SMILES string of the molecule is C=CCCc1ccc(F)cc1.CN1CCOC(CNC(=O)c2ccc(O)cc2Cl)C1. The molecule has 1 fully saturated rings. The zero-order chi connectivity index (χ0) is 21.9. The first-order valence-corrected chi connectivity index (χ1v) is 10.2. The summed E-state index contributed by atoms with van der Waals surface area (Å²) in [5.74, 6) is -0.395. The molecule has 1 aliphatic rings. The van der Waals surface area contributed by atoms with Gasteiger partial charge < -0.3 is 20.1 Å². The van der Waals surface area contributed by atoms with Gasteiger partial charge in [-0.25, -0.2) is 4.39 Å². The number of halogens is 2. The smallest absolute Gasteiger partial charge is 0.252 e. The molecular weight excluding hydrogens is 407 g/mol. The van der Waals surface area contributed by atoms with Crippen LogP contribution in [-0.4, -0.2) is 55.3 Å². The van der Waals surface area contributed by atoms with Gasteiger partial charge in [-0.15, -0.1) is 6.58 Å². The van der Waals surface area contributed by atoms with Crippen LogP contribution in [0.25, 0.3) is 0 Å². The van der Waals surface area contributed by atoms with E-state index in [1.807, 2.05) is 13.1 Å². The van der Waals surface area contributed by atoms with Crippen LogP contribution >= 0.6 is 11.6 Å². The molecule has 1 saturated heterocycles. The van der Waals surface area contributed by atoms with Crippen molar-refractivity contribution in [1.82, 2.24) is 10.2 Å². The average molecular weight is 435 g/mol. The number of phenols is 1. The number of hydrogen-bond donors (Lipinski definition) is 2. The molecule has 0 aromatic heterocycles. The minimum atomic E-state index is -0.262. The second kappa shape index (κ2) is 12.3. The van der Waals surface area contributed by atoms with Crippen LogP contribution in [0.2, 0.25) is 5.02 Å². The Kier molecular flexibility index (Phi) is 9.80. The van der Waals surface area contributed by atoms with Crippen LogP contribution in [0.4, 0.5) is 4.39 Å². The topological polar surface area (TPSA) is 61.8 Å². The zero-order valence-electron chi connectivity index (χ0n) is 17.1. The van der Waals surface area contributed by atoms with E-state index in [1.165, 1.54) is 30.3 Å². The highest BCUT2D eigenvalue weighted by atomic mass is 35.5. The lowest BCUT2D eigenvalue weighted by Gasteiger charge is -2.30. The van der Waals surface area contributed by atoms with Crippen molar-refractivity contribution in [2.24, 2.45) is 0 Å². The zero-order valence-corrected chi connectivity index (χ0v) is 17.9. The first kappa shape index (κ1) is 23.9. The van der Waals surface area contributed by atoms with Crippen LogP contribution in [-0.2, 0) is 11.2 Å². The first-order valence-electron chi connectivity index (χ1n) is 9.81. The lowest BCUT2D eigenvalue weighted by molar-refractivity contribution is -0.0175. The Hall–Kier alpha value is -2.41. The summed E-state index contributed by atoms with van der Waals surface area (Å²) in [5, 5.41) is 12.3. The van der Waals surface area contributed by atoms with Crippen LogP contribution in [0.15, 0.2) is 55.1 Å². The van der Waals surface area contributed by atoms with Gasteiger partial charge in [0.1, 0.15) is 11.6 Å². The number of amides is 1. The number of allylic oxidation sites excluding steroid dienone is 1. The molecule has 7 heteroatoms. The Bertz CT molecular complexity index is 830. The van der Waals surface area contributed by atoms with Gasteiger partial charge in [-0.3, -0.25) is 4.79 Å². The van der Waals surface area contributed by atoms with Crippen molar-refractivity contribution in [2.45, 2.75) is 18.9 Å². The van der Waals surface area contributed by atoms with Crippen LogP contribution < -0.4 is 5.32 Å².